The molecule has 0 amide bonds. The highest BCUT2D eigenvalue weighted by Gasteiger charge is 2.16. The number of ether oxygens (including phenoxy) is 2. The van der Waals surface area contributed by atoms with Gasteiger partial charge in [-0.3, -0.25) is 0 Å². The van der Waals surface area contributed by atoms with E-state index < -0.39 is 0 Å². The maximum Gasteiger partial charge on any atom is 0.221 e. The van der Waals surface area contributed by atoms with Crippen LogP contribution < -0.4 is 10.1 Å². The quantitative estimate of drug-likeness (QED) is 0.850. The largest absolute Gasteiger partial charge is 0.477 e. The van der Waals surface area contributed by atoms with Gasteiger partial charge >= 0.3 is 0 Å². The molecule has 21 heavy (non-hydrogen) atoms. The number of fused-ring (bicyclic) bond motifs is 1. The number of aromatic nitrogens is 1. The second-order valence-corrected chi connectivity index (χ2v) is 5.73. The van der Waals surface area contributed by atoms with Gasteiger partial charge in [0, 0.05) is 25.5 Å². The molecule has 0 bridgehead atoms. The molecule has 4 nitrogen and oxygen atoms in total. The Bertz CT molecular complexity index is 596. The molecular formula is C17H24N2O2. The molecule has 114 valence electrons. The average molecular weight is 288 g/mol. The molecule has 0 atom stereocenters. The summed E-state index contributed by atoms with van der Waals surface area (Å²) in [6, 6.07) is 10.3. The first-order chi connectivity index (χ1) is 10.1. The number of nitrogens with one attached hydrogen (secondary N) is 1. The third-order valence-electron chi connectivity index (χ3n) is 3.61. The third kappa shape index (κ3) is 4.16. The summed E-state index contributed by atoms with van der Waals surface area (Å²) in [4.78, 5) is 4.61. The van der Waals surface area contributed by atoms with Gasteiger partial charge in [0.1, 0.15) is 0 Å². The highest BCUT2D eigenvalue weighted by Crippen LogP contribution is 2.25. The molecular weight excluding hydrogens is 264 g/mol. The third-order valence-corrected chi connectivity index (χ3v) is 3.61. The molecule has 0 fully saturated rings. The average Bonchev–Trinajstić information content (AvgIpc) is 2.47. The van der Waals surface area contributed by atoms with E-state index in [-0.39, 0.29) is 5.60 Å². The lowest BCUT2D eigenvalue weighted by Gasteiger charge is -2.22. The van der Waals surface area contributed by atoms with Crippen LogP contribution in [0.1, 0.15) is 26.0 Å². The lowest BCUT2D eigenvalue weighted by Crippen LogP contribution is -2.25. The maximum atomic E-state index is 5.93. The number of methoxy groups -OCH3 is 1. The Kier molecular flexibility index (Phi) is 5.15. The Balaban J connectivity index is 2.20. The molecule has 0 radical (unpaired) electrons. The van der Waals surface area contributed by atoms with Gasteiger partial charge in [-0.05, 0) is 38.4 Å². The first kappa shape index (κ1) is 15.7. The molecule has 1 aromatic heterocycles. The van der Waals surface area contributed by atoms with E-state index in [2.05, 4.69) is 36.3 Å². The molecule has 2 aromatic rings. The van der Waals surface area contributed by atoms with Crippen molar-refractivity contribution >= 4 is 10.8 Å². The van der Waals surface area contributed by atoms with Gasteiger partial charge in [0.05, 0.1) is 17.9 Å². The summed E-state index contributed by atoms with van der Waals surface area (Å²) in [6.07, 6.45) is 0.815. The lowest BCUT2D eigenvalue weighted by atomic mass is 10.1. The number of nitrogens with zero attached hydrogens (tertiary/aromatic N) is 1. The Morgan fingerprint density at radius 1 is 1.24 bits per heavy atom. The highest BCUT2D eigenvalue weighted by molar-refractivity contribution is 5.87. The van der Waals surface area contributed by atoms with Crippen molar-refractivity contribution in [1.82, 2.24) is 10.3 Å². The number of hydrogen-bond donors (Lipinski definition) is 1. The van der Waals surface area contributed by atoms with Gasteiger partial charge in [-0.2, -0.15) is 0 Å². The number of pyridine rings is 1. The van der Waals surface area contributed by atoms with E-state index in [1.165, 1.54) is 0 Å². The molecule has 0 aliphatic carbocycles. The van der Waals surface area contributed by atoms with Gasteiger partial charge in [-0.15, -0.1) is 0 Å². The van der Waals surface area contributed by atoms with Crippen molar-refractivity contribution in [3.63, 3.8) is 0 Å². The van der Waals surface area contributed by atoms with Crippen LogP contribution >= 0.6 is 0 Å². The van der Waals surface area contributed by atoms with Crippen LogP contribution in [0.5, 0.6) is 5.88 Å². The van der Waals surface area contributed by atoms with Crippen LogP contribution in [-0.2, 0) is 11.3 Å². The molecule has 2 rings (SSSR count). The standard InChI is InChI=1S/C17H24N2O2/c1-17(2,20-4)9-10-21-16-15-8-6-5-7-13(15)11-14(19-16)12-18-3/h5-8,11,18H,9-10,12H2,1-4H3. The summed E-state index contributed by atoms with van der Waals surface area (Å²) in [5, 5.41) is 5.33. The van der Waals surface area contributed by atoms with Gasteiger partial charge in [-0.1, -0.05) is 18.2 Å². The number of benzene rings is 1. The molecule has 0 saturated heterocycles. The predicted molar refractivity (Wildman–Crippen MR) is 85.7 cm³/mol. The summed E-state index contributed by atoms with van der Waals surface area (Å²) in [5.41, 5.74) is 0.801. The number of hydrogen-bond acceptors (Lipinski definition) is 4. The minimum atomic E-state index is -0.182. The van der Waals surface area contributed by atoms with E-state index in [0.29, 0.717) is 12.5 Å². The molecule has 0 spiro atoms. The molecule has 1 aromatic carbocycles. The Morgan fingerprint density at radius 3 is 2.71 bits per heavy atom. The molecule has 4 heteroatoms. The van der Waals surface area contributed by atoms with Crippen LogP contribution in [0.15, 0.2) is 30.3 Å². The molecule has 0 aliphatic heterocycles. The van der Waals surface area contributed by atoms with Crippen molar-refractivity contribution in [2.24, 2.45) is 0 Å². The summed E-state index contributed by atoms with van der Waals surface area (Å²) in [5.74, 6) is 0.699. The van der Waals surface area contributed by atoms with E-state index in [4.69, 9.17) is 9.47 Å². The van der Waals surface area contributed by atoms with Crippen molar-refractivity contribution in [2.75, 3.05) is 20.8 Å². The lowest BCUT2D eigenvalue weighted by molar-refractivity contribution is 0.00521. The van der Waals surface area contributed by atoms with Crippen molar-refractivity contribution in [2.45, 2.75) is 32.4 Å². The van der Waals surface area contributed by atoms with E-state index in [9.17, 15) is 0 Å². The summed E-state index contributed by atoms with van der Waals surface area (Å²) in [7, 11) is 3.64. The fourth-order valence-corrected chi connectivity index (χ4v) is 2.10. The summed E-state index contributed by atoms with van der Waals surface area (Å²) < 4.78 is 11.3. The molecule has 1 heterocycles. The minimum Gasteiger partial charge on any atom is -0.477 e. The van der Waals surface area contributed by atoms with Crippen LogP contribution in [0, 0.1) is 0 Å². The zero-order chi connectivity index (χ0) is 15.3. The van der Waals surface area contributed by atoms with Gasteiger partial charge in [0.25, 0.3) is 0 Å². The van der Waals surface area contributed by atoms with Gasteiger partial charge < -0.3 is 14.8 Å². The van der Waals surface area contributed by atoms with E-state index >= 15 is 0 Å². The van der Waals surface area contributed by atoms with E-state index in [0.717, 1.165) is 29.4 Å². The Hall–Kier alpha value is -1.65. The minimum absolute atomic E-state index is 0.182. The normalized spacial score (nSPS) is 11.8. The smallest absolute Gasteiger partial charge is 0.221 e. The zero-order valence-electron chi connectivity index (χ0n) is 13.3. The SMILES string of the molecule is CNCc1cc2ccccc2c(OCCC(C)(C)OC)n1. The first-order valence-electron chi connectivity index (χ1n) is 7.27. The van der Waals surface area contributed by atoms with Crippen molar-refractivity contribution < 1.29 is 9.47 Å². The first-order valence-corrected chi connectivity index (χ1v) is 7.27. The van der Waals surface area contributed by atoms with Crippen LogP contribution in [-0.4, -0.2) is 31.3 Å². The second kappa shape index (κ2) is 6.87. The van der Waals surface area contributed by atoms with Crippen LogP contribution in [0.4, 0.5) is 0 Å². The second-order valence-electron chi connectivity index (χ2n) is 5.73. The fourth-order valence-electron chi connectivity index (χ4n) is 2.10. The highest BCUT2D eigenvalue weighted by atomic mass is 16.5. The molecule has 1 N–H and O–H groups in total. The number of rotatable bonds is 7. The summed E-state index contributed by atoms with van der Waals surface area (Å²) >= 11 is 0. The Morgan fingerprint density at radius 2 is 2.00 bits per heavy atom. The summed E-state index contributed by atoms with van der Waals surface area (Å²) in [6.45, 7) is 5.42. The molecule has 0 unspecified atom stereocenters. The zero-order valence-corrected chi connectivity index (χ0v) is 13.3. The van der Waals surface area contributed by atoms with E-state index in [1.54, 1.807) is 7.11 Å². The van der Waals surface area contributed by atoms with Gasteiger partial charge in [0.2, 0.25) is 5.88 Å². The molecule has 0 saturated carbocycles. The van der Waals surface area contributed by atoms with Gasteiger partial charge in [-0.25, -0.2) is 4.98 Å². The van der Waals surface area contributed by atoms with Crippen molar-refractivity contribution in [3.05, 3.63) is 36.0 Å². The van der Waals surface area contributed by atoms with Crippen LogP contribution in [0.3, 0.4) is 0 Å². The van der Waals surface area contributed by atoms with Crippen molar-refractivity contribution in [1.29, 1.82) is 0 Å². The van der Waals surface area contributed by atoms with E-state index in [1.807, 2.05) is 25.2 Å². The Labute approximate surface area is 126 Å². The van der Waals surface area contributed by atoms with Crippen molar-refractivity contribution in [3.8, 4) is 5.88 Å². The van der Waals surface area contributed by atoms with Crippen LogP contribution in [0.25, 0.3) is 10.8 Å². The monoisotopic (exact) mass is 288 g/mol. The maximum absolute atomic E-state index is 5.93. The fraction of sp³-hybridized carbons (Fsp3) is 0.471. The van der Waals surface area contributed by atoms with Gasteiger partial charge in [0.15, 0.2) is 0 Å². The molecule has 0 aliphatic rings. The van der Waals surface area contributed by atoms with Crippen LogP contribution in [0.2, 0.25) is 0 Å². The topological polar surface area (TPSA) is 43.4 Å². The predicted octanol–water partition coefficient (Wildman–Crippen LogP) is 3.15.